The van der Waals surface area contributed by atoms with Crippen LogP contribution >= 0.6 is 24.0 Å². The number of thiocarbonyl (C=S) groups is 1. The monoisotopic (exact) mass is 434 g/mol. The molecule has 156 valence electrons. The molecule has 1 aromatic carbocycles. The van der Waals surface area contributed by atoms with Crippen molar-refractivity contribution in [2.45, 2.75) is 39.7 Å². The Morgan fingerprint density at radius 1 is 1.24 bits per heavy atom. The molecule has 0 atom stereocenters. The molecule has 0 radical (unpaired) electrons. The summed E-state index contributed by atoms with van der Waals surface area (Å²) in [5.74, 6) is 0.983. The first kappa shape index (κ1) is 21.6. The molecular weight excluding hydrogens is 408 g/mol. The number of hydrogen-bond donors (Lipinski definition) is 0. The van der Waals surface area contributed by atoms with E-state index in [0.717, 1.165) is 31.5 Å². The van der Waals surface area contributed by atoms with Crippen molar-refractivity contribution in [3.8, 4) is 11.5 Å². The van der Waals surface area contributed by atoms with Crippen LogP contribution in [0.2, 0.25) is 0 Å². The zero-order chi connectivity index (χ0) is 21.0. The van der Waals surface area contributed by atoms with Crippen molar-refractivity contribution in [2.24, 2.45) is 0 Å². The van der Waals surface area contributed by atoms with Crippen LogP contribution in [0, 0.1) is 0 Å². The molecule has 0 aromatic heterocycles. The van der Waals surface area contributed by atoms with Crippen molar-refractivity contribution in [1.82, 2.24) is 9.80 Å². The lowest BCUT2D eigenvalue weighted by atomic mass is 10.1. The number of ether oxygens (including phenoxy) is 2. The van der Waals surface area contributed by atoms with Gasteiger partial charge in [-0.3, -0.25) is 14.5 Å². The van der Waals surface area contributed by atoms with E-state index in [9.17, 15) is 9.59 Å². The summed E-state index contributed by atoms with van der Waals surface area (Å²) in [5, 5.41) is 0. The van der Waals surface area contributed by atoms with Crippen LogP contribution in [0.15, 0.2) is 23.1 Å². The van der Waals surface area contributed by atoms with Gasteiger partial charge in [-0.2, -0.15) is 0 Å². The predicted molar refractivity (Wildman–Crippen MR) is 119 cm³/mol. The van der Waals surface area contributed by atoms with Gasteiger partial charge in [-0.15, -0.1) is 0 Å². The molecule has 0 N–H and O–H groups in total. The molecule has 8 heteroatoms. The summed E-state index contributed by atoms with van der Waals surface area (Å²) in [4.78, 5) is 28.9. The summed E-state index contributed by atoms with van der Waals surface area (Å²) < 4.78 is 12.0. The van der Waals surface area contributed by atoms with Gasteiger partial charge < -0.3 is 14.4 Å². The molecule has 0 saturated carbocycles. The zero-order valence-electron chi connectivity index (χ0n) is 17.0. The fraction of sp³-hybridized carbons (Fsp3) is 0.476. The smallest absolute Gasteiger partial charge is 0.266 e. The standard InChI is InChI=1S/C21H26N2O4S2/c1-4-26-17-11-15(12-18-20(25)23(14(2)3)21(28)29-18)7-8-16(17)27-13-19(24)22-9-5-6-10-22/h7-8,11-12,14H,4-6,9-10,13H2,1-3H3/b18-12-. The zero-order valence-corrected chi connectivity index (χ0v) is 18.6. The average molecular weight is 435 g/mol. The van der Waals surface area contributed by atoms with Crippen LogP contribution in [-0.4, -0.2) is 58.3 Å². The number of nitrogens with zero attached hydrogens (tertiary/aromatic N) is 2. The fourth-order valence-electron chi connectivity index (χ4n) is 3.28. The number of hydrogen-bond acceptors (Lipinski definition) is 6. The summed E-state index contributed by atoms with van der Waals surface area (Å²) in [6.07, 6.45) is 3.91. The van der Waals surface area contributed by atoms with Gasteiger partial charge in [0.25, 0.3) is 11.8 Å². The Morgan fingerprint density at radius 2 is 1.97 bits per heavy atom. The number of thioether (sulfide) groups is 1. The fourth-order valence-corrected chi connectivity index (χ4v) is 4.80. The van der Waals surface area contributed by atoms with Crippen molar-refractivity contribution < 1.29 is 19.1 Å². The van der Waals surface area contributed by atoms with E-state index in [0.29, 0.717) is 27.3 Å². The number of carbonyl (C=O) groups excluding carboxylic acids is 2. The number of amides is 2. The van der Waals surface area contributed by atoms with E-state index in [1.165, 1.54) is 11.8 Å². The Hall–Kier alpha value is -2.06. The van der Waals surface area contributed by atoms with E-state index in [1.807, 2.05) is 43.9 Å². The summed E-state index contributed by atoms with van der Waals surface area (Å²) in [5.41, 5.74) is 0.816. The highest BCUT2D eigenvalue weighted by atomic mass is 32.2. The van der Waals surface area contributed by atoms with Crippen LogP contribution < -0.4 is 9.47 Å². The molecule has 0 spiro atoms. The minimum atomic E-state index is -0.0792. The average Bonchev–Trinajstić information content (AvgIpc) is 3.30. The van der Waals surface area contributed by atoms with Crippen molar-refractivity contribution in [1.29, 1.82) is 0 Å². The molecular formula is C21H26N2O4S2. The molecule has 2 fully saturated rings. The van der Waals surface area contributed by atoms with Crippen molar-refractivity contribution in [3.05, 3.63) is 28.7 Å². The predicted octanol–water partition coefficient (Wildman–Crippen LogP) is 3.70. The number of benzene rings is 1. The first-order chi connectivity index (χ1) is 13.9. The molecule has 29 heavy (non-hydrogen) atoms. The molecule has 1 aromatic rings. The maximum Gasteiger partial charge on any atom is 0.266 e. The van der Waals surface area contributed by atoms with Gasteiger partial charge in [0.1, 0.15) is 4.32 Å². The first-order valence-corrected chi connectivity index (χ1v) is 11.1. The molecule has 3 rings (SSSR count). The van der Waals surface area contributed by atoms with Gasteiger partial charge in [0.05, 0.1) is 11.5 Å². The van der Waals surface area contributed by atoms with Crippen LogP contribution in [0.5, 0.6) is 11.5 Å². The third-order valence-electron chi connectivity index (χ3n) is 4.72. The molecule has 0 bridgehead atoms. The first-order valence-electron chi connectivity index (χ1n) is 9.85. The Balaban J connectivity index is 1.74. The highest BCUT2D eigenvalue weighted by Crippen LogP contribution is 2.35. The lowest BCUT2D eigenvalue weighted by Crippen LogP contribution is -2.34. The van der Waals surface area contributed by atoms with Crippen LogP contribution in [0.25, 0.3) is 6.08 Å². The molecule has 2 aliphatic rings. The molecule has 0 unspecified atom stereocenters. The Morgan fingerprint density at radius 3 is 2.59 bits per heavy atom. The highest BCUT2D eigenvalue weighted by molar-refractivity contribution is 8.26. The van der Waals surface area contributed by atoms with Gasteiger partial charge in [-0.25, -0.2) is 0 Å². The normalized spacial score (nSPS) is 18.3. The Labute approximate surface area is 181 Å². The molecule has 2 amide bonds. The highest BCUT2D eigenvalue weighted by Gasteiger charge is 2.33. The lowest BCUT2D eigenvalue weighted by molar-refractivity contribution is -0.132. The molecule has 2 heterocycles. The van der Waals surface area contributed by atoms with Gasteiger partial charge in [-0.1, -0.05) is 30.0 Å². The molecule has 0 aliphatic carbocycles. The number of likely N-dealkylation sites (tertiary alicyclic amines) is 1. The van der Waals surface area contributed by atoms with E-state index < -0.39 is 0 Å². The lowest BCUT2D eigenvalue weighted by Gasteiger charge is -2.18. The van der Waals surface area contributed by atoms with E-state index in [-0.39, 0.29) is 24.5 Å². The third-order valence-corrected chi connectivity index (χ3v) is 6.05. The minimum absolute atomic E-state index is 0.00747. The second-order valence-electron chi connectivity index (χ2n) is 7.16. The van der Waals surface area contributed by atoms with E-state index in [4.69, 9.17) is 21.7 Å². The van der Waals surface area contributed by atoms with Gasteiger partial charge in [-0.05, 0) is 57.4 Å². The minimum Gasteiger partial charge on any atom is -0.490 e. The summed E-state index contributed by atoms with van der Waals surface area (Å²) in [7, 11) is 0. The summed E-state index contributed by atoms with van der Waals surface area (Å²) in [6, 6.07) is 5.47. The van der Waals surface area contributed by atoms with Gasteiger partial charge in [0.15, 0.2) is 18.1 Å². The third kappa shape index (κ3) is 5.11. The maximum atomic E-state index is 12.6. The molecule has 6 nitrogen and oxygen atoms in total. The van der Waals surface area contributed by atoms with Crippen molar-refractivity contribution in [3.63, 3.8) is 0 Å². The van der Waals surface area contributed by atoms with E-state index >= 15 is 0 Å². The van der Waals surface area contributed by atoms with Crippen LogP contribution in [0.3, 0.4) is 0 Å². The van der Waals surface area contributed by atoms with E-state index in [2.05, 4.69) is 0 Å². The van der Waals surface area contributed by atoms with Crippen molar-refractivity contribution >= 4 is 46.2 Å². The largest absolute Gasteiger partial charge is 0.490 e. The van der Waals surface area contributed by atoms with Crippen LogP contribution in [-0.2, 0) is 9.59 Å². The summed E-state index contributed by atoms with van der Waals surface area (Å²) >= 11 is 6.63. The van der Waals surface area contributed by atoms with Gasteiger partial charge >= 0.3 is 0 Å². The van der Waals surface area contributed by atoms with Crippen molar-refractivity contribution in [2.75, 3.05) is 26.3 Å². The topological polar surface area (TPSA) is 59.1 Å². The number of carbonyl (C=O) groups is 2. The quantitative estimate of drug-likeness (QED) is 0.482. The molecule has 2 saturated heterocycles. The number of rotatable bonds is 7. The SMILES string of the molecule is CCOc1cc(/C=C2\SC(=S)N(C(C)C)C2=O)ccc1OCC(=O)N1CCCC1. The van der Waals surface area contributed by atoms with Gasteiger partial charge in [0.2, 0.25) is 0 Å². The molecule has 2 aliphatic heterocycles. The Kier molecular flexibility index (Phi) is 7.18. The van der Waals surface area contributed by atoms with E-state index in [1.54, 1.807) is 11.0 Å². The summed E-state index contributed by atoms with van der Waals surface area (Å²) in [6.45, 7) is 7.83. The second kappa shape index (κ2) is 9.63. The van der Waals surface area contributed by atoms with Crippen LogP contribution in [0.1, 0.15) is 39.2 Å². The van der Waals surface area contributed by atoms with Gasteiger partial charge in [0, 0.05) is 19.1 Å². The Bertz CT molecular complexity index is 832. The maximum absolute atomic E-state index is 12.6. The second-order valence-corrected chi connectivity index (χ2v) is 8.84. The van der Waals surface area contributed by atoms with Crippen LogP contribution in [0.4, 0.5) is 0 Å².